The van der Waals surface area contributed by atoms with Gasteiger partial charge in [-0.1, -0.05) is 30.4 Å². The molecule has 0 atom stereocenters. The summed E-state index contributed by atoms with van der Waals surface area (Å²) in [6.45, 7) is 10.3. The molecule has 0 saturated heterocycles. The van der Waals surface area contributed by atoms with Crippen LogP contribution in [0.1, 0.15) is 43.9 Å². The van der Waals surface area contributed by atoms with Gasteiger partial charge in [0.1, 0.15) is 5.60 Å². The van der Waals surface area contributed by atoms with Gasteiger partial charge in [-0.05, 0) is 57.7 Å². The molecule has 3 heteroatoms. The van der Waals surface area contributed by atoms with Crippen LogP contribution >= 0.6 is 0 Å². The molecule has 1 aromatic carbocycles. The summed E-state index contributed by atoms with van der Waals surface area (Å²) in [7, 11) is 0. The number of aryl methyl sites for hydroxylation is 2. The first-order valence-corrected chi connectivity index (χ1v) is 6.99. The lowest BCUT2D eigenvalue weighted by Crippen LogP contribution is -2.32. The molecule has 1 N–H and O–H groups in total. The van der Waals surface area contributed by atoms with E-state index in [1.165, 1.54) is 16.7 Å². The molecule has 110 valence electrons. The fraction of sp³-hybridized carbons (Fsp3) is 0.471. The van der Waals surface area contributed by atoms with Crippen molar-refractivity contribution < 1.29 is 9.53 Å². The highest BCUT2D eigenvalue weighted by Crippen LogP contribution is 2.15. The molecule has 1 aromatic rings. The van der Waals surface area contributed by atoms with E-state index in [0.29, 0.717) is 6.54 Å². The maximum Gasteiger partial charge on any atom is 0.407 e. The van der Waals surface area contributed by atoms with Crippen molar-refractivity contribution in [2.24, 2.45) is 0 Å². The van der Waals surface area contributed by atoms with Gasteiger partial charge in [-0.25, -0.2) is 4.79 Å². The molecule has 0 bridgehead atoms. The van der Waals surface area contributed by atoms with Crippen LogP contribution in [0.25, 0.3) is 6.08 Å². The first kappa shape index (κ1) is 16.3. The number of carbonyl (C=O) groups is 1. The Bertz CT molecular complexity index is 464. The van der Waals surface area contributed by atoms with Crippen LogP contribution in [0, 0.1) is 13.8 Å². The highest BCUT2D eigenvalue weighted by molar-refractivity contribution is 5.67. The lowest BCUT2D eigenvalue weighted by molar-refractivity contribution is 0.0529. The van der Waals surface area contributed by atoms with Gasteiger partial charge in [0.15, 0.2) is 0 Å². The second-order valence-corrected chi connectivity index (χ2v) is 5.93. The molecule has 0 saturated carbocycles. The lowest BCUT2D eigenvalue weighted by atomic mass is 10.0. The van der Waals surface area contributed by atoms with E-state index in [-0.39, 0.29) is 6.09 Å². The average Bonchev–Trinajstić information content (AvgIpc) is 2.29. The molecular weight excluding hydrogens is 250 g/mol. The predicted octanol–water partition coefficient (Wildman–Crippen LogP) is 4.23. The largest absolute Gasteiger partial charge is 0.444 e. The third-order valence-corrected chi connectivity index (χ3v) is 2.81. The summed E-state index contributed by atoms with van der Waals surface area (Å²) in [4.78, 5) is 11.4. The standard InChI is InChI=1S/C17H25NO2/c1-13-9-8-10-14(2)15(13)11-6-7-12-18-16(19)20-17(3,4)5/h6,8-11H,7,12H2,1-5H3,(H,18,19). The first-order valence-electron chi connectivity index (χ1n) is 6.99. The number of rotatable bonds is 4. The van der Waals surface area contributed by atoms with Crippen LogP contribution in [-0.4, -0.2) is 18.2 Å². The summed E-state index contributed by atoms with van der Waals surface area (Å²) in [5, 5.41) is 2.74. The molecule has 0 aliphatic rings. The number of carbonyl (C=O) groups excluding carboxylic acids is 1. The predicted molar refractivity (Wildman–Crippen MR) is 83.8 cm³/mol. The summed E-state index contributed by atoms with van der Waals surface area (Å²) in [6.07, 6.45) is 4.61. The quantitative estimate of drug-likeness (QED) is 0.835. The number of hydrogen-bond acceptors (Lipinski definition) is 2. The van der Waals surface area contributed by atoms with Crippen LogP contribution in [0.2, 0.25) is 0 Å². The Balaban J connectivity index is 2.38. The van der Waals surface area contributed by atoms with Gasteiger partial charge in [0.05, 0.1) is 0 Å². The molecule has 0 heterocycles. The maximum absolute atomic E-state index is 11.4. The van der Waals surface area contributed by atoms with Gasteiger partial charge in [-0.3, -0.25) is 0 Å². The van der Waals surface area contributed by atoms with E-state index in [1.54, 1.807) is 0 Å². The minimum Gasteiger partial charge on any atom is -0.444 e. The van der Waals surface area contributed by atoms with Crippen LogP contribution in [0.15, 0.2) is 24.3 Å². The Kier molecular flexibility index (Phi) is 5.81. The number of amides is 1. The summed E-state index contributed by atoms with van der Waals surface area (Å²) in [5.41, 5.74) is 3.34. The van der Waals surface area contributed by atoms with Gasteiger partial charge >= 0.3 is 6.09 Å². The molecule has 0 spiro atoms. The van der Waals surface area contributed by atoms with Crippen molar-refractivity contribution in [1.82, 2.24) is 5.32 Å². The summed E-state index contributed by atoms with van der Waals surface area (Å²) >= 11 is 0. The fourth-order valence-corrected chi connectivity index (χ4v) is 1.86. The van der Waals surface area contributed by atoms with Crippen LogP contribution in [0.4, 0.5) is 4.79 Å². The van der Waals surface area contributed by atoms with Gasteiger partial charge < -0.3 is 10.1 Å². The molecule has 3 nitrogen and oxygen atoms in total. The molecule has 0 aliphatic carbocycles. The Morgan fingerprint density at radius 2 is 1.85 bits per heavy atom. The van der Waals surface area contributed by atoms with Crippen molar-refractivity contribution in [3.05, 3.63) is 41.0 Å². The van der Waals surface area contributed by atoms with Crippen molar-refractivity contribution in [2.75, 3.05) is 6.54 Å². The molecule has 1 rings (SSSR count). The molecule has 20 heavy (non-hydrogen) atoms. The normalized spacial score (nSPS) is 11.7. The Labute approximate surface area is 122 Å². The monoisotopic (exact) mass is 275 g/mol. The van der Waals surface area contributed by atoms with Crippen LogP contribution in [0.5, 0.6) is 0 Å². The third-order valence-electron chi connectivity index (χ3n) is 2.81. The van der Waals surface area contributed by atoms with Crippen molar-refractivity contribution in [2.45, 2.75) is 46.6 Å². The zero-order valence-electron chi connectivity index (χ0n) is 13.1. The second kappa shape index (κ2) is 7.13. The Morgan fingerprint density at radius 1 is 1.25 bits per heavy atom. The maximum atomic E-state index is 11.4. The number of nitrogens with one attached hydrogen (secondary N) is 1. The van der Waals surface area contributed by atoms with Crippen molar-refractivity contribution in [3.8, 4) is 0 Å². The highest BCUT2D eigenvalue weighted by atomic mass is 16.6. The average molecular weight is 275 g/mol. The minimum absolute atomic E-state index is 0.363. The van der Waals surface area contributed by atoms with Crippen LogP contribution < -0.4 is 5.32 Å². The summed E-state index contributed by atoms with van der Waals surface area (Å²) in [6, 6.07) is 6.27. The summed E-state index contributed by atoms with van der Waals surface area (Å²) in [5.74, 6) is 0. The van der Waals surface area contributed by atoms with E-state index in [9.17, 15) is 4.79 Å². The summed E-state index contributed by atoms with van der Waals surface area (Å²) < 4.78 is 5.17. The van der Waals surface area contributed by atoms with Gasteiger partial charge in [0.2, 0.25) is 0 Å². The van der Waals surface area contributed by atoms with Crippen molar-refractivity contribution in [3.63, 3.8) is 0 Å². The van der Waals surface area contributed by atoms with Crippen LogP contribution in [-0.2, 0) is 4.74 Å². The van der Waals surface area contributed by atoms with E-state index in [1.807, 2.05) is 20.8 Å². The Morgan fingerprint density at radius 3 is 2.40 bits per heavy atom. The second-order valence-electron chi connectivity index (χ2n) is 5.93. The van der Waals surface area contributed by atoms with Crippen molar-refractivity contribution >= 4 is 12.2 Å². The van der Waals surface area contributed by atoms with E-state index in [4.69, 9.17) is 4.74 Å². The van der Waals surface area contributed by atoms with Gasteiger partial charge in [-0.2, -0.15) is 0 Å². The first-order chi connectivity index (χ1) is 9.29. The highest BCUT2D eigenvalue weighted by Gasteiger charge is 2.15. The van der Waals surface area contributed by atoms with E-state index in [2.05, 4.69) is 49.5 Å². The lowest BCUT2D eigenvalue weighted by Gasteiger charge is -2.19. The SMILES string of the molecule is Cc1cccc(C)c1C=CCCNC(=O)OC(C)(C)C. The van der Waals surface area contributed by atoms with E-state index in [0.717, 1.165) is 6.42 Å². The molecule has 0 fully saturated rings. The van der Waals surface area contributed by atoms with Gasteiger partial charge in [0, 0.05) is 6.54 Å². The smallest absolute Gasteiger partial charge is 0.407 e. The Hall–Kier alpha value is -1.77. The molecule has 0 radical (unpaired) electrons. The molecule has 0 unspecified atom stereocenters. The molecular formula is C17H25NO2. The number of alkyl carbamates (subject to hydrolysis) is 1. The number of ether oxygens (including phenoxy) is 1. The molecule has 0 aromatic heterocycles. The molecule has 1 amide bonds. The number of hydrogen-bond donors (Lipinski definition) is 1. The van der Waals surface area contributed by atoms with E-state index >= 15 is 0 Å². The minimum atomic E-state index is -0.446. The fourth-order valence-electron chi connectivity index (χ4n) is 1.86. The zero-order valence-corrected chi connectivity index (χ0v) is 13.1. The van der Waals surface area contributed by atoms with Gasteiger partial charge in [-0.15, -0.1) is 0 Å². The zero-order chi connectivity index (χ0) is 15.2. The topological polar surface area (TPSA) is 38.3 Å². The molecule has 0 aliphatic heterocycles. The van der Waals surface area contributed by atoms with Crippen LogP contribution in [0.3, 0.4) is 0 Å². The van der Waals surface area contributed by atoms with Crippen molar-refractivity contribution in [1.29, 1.82) is 0 Å². The van der Waals surface area contributed by atoms with Gasteiger partial charge in [0.25, 0.3) is 0 Å². The number of benzene rings is 1. The van der Waals surface area contributed by atoms with E-state index < -0.39 is 5.60 Å². The third kappa shape index (κ3) is 5.91.